The maximum atomic E-state index is 5.63. The summed E-state index contributed by atoms with van der Waals surface area (Å²) in [6.07, 6.45) is 13.7. The first-order valence-corrected chi connectivity index (χ1v) is 12.1. The van der Waals surface area contributed by atoms with Gasteiger partial charge in [0.2, 0.25) is 0 Å². The number of rotatable bonds is 10. The van der Waals surface area contributed by atoms with Gasteiger partial charge in [0.25, 0.3) is 0 Å². The number of guanidine groups is 1. The fraction of sp³-hybridized carbons (Fsp3) is 0.818. The SMILES string of the molecule is CCOCCC1(CNC(=NC)NCCCc2nc3c(s2)CCCC3)CCCC1. The molecule has 0 amide bonds. The second kappa shape index (κ2) is 11.1. The molecule has 0 radical (unpaired) electrons. The van der Waals surface area contributed by atoms with Crippen molar-refractivity contribution in [3.05, 3.63) is 15.6 Å². The highest BCUT2D eigenvalue weighted by Gasteiger charge is 2.33. The van der Waals surface area contributed by atoms with Crippen LogP contribution in [-0.4, -0.2) is 44.3 Å². The van der Waals surface area contributed by atoms with Crippen molar-refractivity contribution in [1.82, 2.24) is 15.6 Å². The Kier molecular flexibility index (Phi) is 8.59. The van der Waals surface area contributed by atoms with Crippen LogP contribution in [0.1, 0.15) is 73.9 Å². The van der Waals surface area contributed by atoms with E-state index in [-0.39, 0.29) is 0 Å². The van der Waals surface area contributed by atoms with Crippen molar-refractivity contribution in [3.8, 4) is 0 Å². The fourth-order valence-electron chi connectivity index (χ4n) is 4.52. The Morgan fingerprint density at radius 1 is 1.18 bits per heavy atom. The van der Waals surface area contributed by atoms with Crippen LogP contribution in [0.4, 0.5) is 0 Å². The molecule has 2 aliphatic carbocycles. The maximum Gasteiger partial charge on any atom is 0.190 e. The van der Waals surface area contributed by atoms with E-state index in [1.807, 2.05) is 18.4 Å². The van der Waals surface area contributed by atoms with Gasteiger partial charge in [-0.1, -0.05) is 12.8 Å². The van der Waals surface area contributed by atoms with Crippen molar-refractivity contribution in [2.45, 2.75) is 77.6 Å². The predicted octanol–water partition coefficient (Wildman–Crippen LogP) is 4.11. The molecule has 3 rings (SSSR count). The molecule has 0 saturated heterocycles. The molecule has 0 aliphatic heterocycles. The second-order valence-corrected chi connectivity index (χ2v) is 9.46. The number of aromatic nitrogens is 1. The molecule has 0 unspecified atom stereocenters. The Labute approximate surface area is 174 Å². The summed E-state index contributed by atoms with van der Waals surface area (Å²) in [6, 6.07) is 0. The first-order chi connectivity index (χ1) is 13.7. The lowest BCUT2D eigenvalue weighted by molar-refractivity contribution is 0.105. The van der Waals surface area contributed by atoms with Crippen LogP contribution < -0.4 is 10.6 Å². The van der Waals surface area contributed by atoms with Gasteiger partial charge in [-0.3, -0.25) is 4.99 Å². The van der Waals surface area contributed by atoms with E-state index in [0.29, 0.717) is 5.41 Å². The monoisotopic (exact) mass is 406 g/mol. The number of nitrogens with zero attached hydrogens (tertiary/aromatic N) is 2. The van der Waals surface area contributed by atoms with Crippen LogP contribution in [0, 0.1) is 5.41 Å². The minimum atomic E-state index is 0.382. The van der Waals surface area contributed by atoms with E-state index in [2.05, 4.69) is 22.5 Å². The van der Waals surface area contributed by atoms with E-state index in [1.54, 1.807) is 4.88 Å². The zero-order valence-electron chi connectivity index (χ0n) is 17.8. The minimum absolute atomic E-state index is 0.382. The largest absolute Gasteiger partial charge is 0.382 e. The van der Waals surface area contributed by atoms with Gasteiger partial charge in [0.1, 0.15) is 0 Å². The predicted molar refractivity (Wildman–Crippen MR) is 118 cm³/mol. The Morgan fingerprint density at radius 2 is 2.00 bits per heavy atom. The summed E-state index contributed by atoms with van der Waals surface area (Å²) < 4.78 is 5.63. The third-order valence-corrected chi connectivity index (χ3v) is 7.47. The van der Waals surface area contributed by atoms with Crippen LogP contribution in [0.3, 0.4) is 0 Å². The summed E-state index contributed by atoms with van der Waals surface area (Å²) in [5.41, 5.74) is 1.76. The van der Waals surface area contributed by atoms with Gasteiger partial charge in [0.15, 0.2) is 5.96 Å². The van der Waals surface area contributed by atoms with Gasteiger partial charge in [-0.15, -0.1) is 11.3 Å². The number of fused-ring (bicyclic) bond motifs is 1. The number of thiazole rings is 1. The van der Waals surface area contributed by atoms with Crippen LogP contribution in [0.25, 0.3) is 0 Å². The fourth-order valence-corrected chi connectivity index (χ4v) is 5.72. The third-order valence-electron chi connectivity index (χ3n) is 6.25. The first-order valence-electron chi connectivity index (χ1n) is 11.2. The number of aliphatic imine (C=N–C) groups is 1. The molecule has 6 heteroatoms. The lowest BCUT2D eigenvalue weighted by Gasteiger charge is -2.30. The van der Waals surface area contributed by atoms with Crippen molar-refractivity contribution in [2.24, 2.45) is 10.4 Å². The molecule has 0 aromatic carbocycles. The smallest absolute Gasteiger partial charge is 0.190 e. The lowest BCUT2D eigenvalue weighted by Crippen LogP contribution is -2.43. The van der Waals surface area contributed by atoms with Gasteiger partial charge in [-0.05, 0) is 63.7 Å². The van der Waals surface area contributed by atoms with Crippen molar-refractivity contribution >= 4 is 17.3 Å². The zero-order valence-corrected chi connectivity index (χ0v) is 18.6. The zero-order chi connectivity index (χ0) is 19.7. The van der Waals surface area contributed by atoms with Crippen molar-refractivity contribution < 1.29 is 4.74 Å². The molecule has 1 heterocycles. The molecular weight excluding hydrogens is 368 g/mol. The average molecular weight is 407 g/mol. The van der Waals surface area contributed by atoms with Gasteiger partial charge in [0, 0.05) is 44.6 Å². The molecule has 5 nitrogen and oxygen atoms in total. The lowest BCUT2D eigenvalue weighted by atomic mass is 9.83. The van der Waals surface area contributed by atoms with E-state index < -0.39 is 0 Å². The summed E-state index contributed by atoms with van der Waals surface area (Å²) in [5.74, 6) is 0.932. The van der Waals surface area contributed by atoms with Crippen LogP contribution in [0.5, 0.6) is 0 Å². The van der Waals surface area contributed by atoms with Gasteiger partial charge in [-0.25, -0.2) is 4.98 Å². The molecule has 0 atom stereocenters. The van der Waals surface area contributed by atoms with E-state index >= 15 is 0 Å². The second-order valence-electron chi connectivity index (χ2n) is 8.29. The Hall–Kier alpha value is -1.14. The summed E-state index contributed by atoms with van der Waals surface area (Å²) in [4.78, 5) is 10.8. The molecule has 158 valence electrons. The molecule has 1 aromatic heterocycles. The number of ether oxygens (including phenoxy) is 1. The molecule has 0 spiro atoms. The van der Waals surface area contributed by atoms with E-state index in [1.165, 1.54) is 62.1 Å². The standard InChI is InChI=1S/C22H38N4OS/c1-3-27-16-14-22(12-6-7-13-22)17-25-21(23-2)24-15-8-11-20-26-18-9-4-5-10-19(18)28-20/h3-17H2,1-2H3,(H2,23,24,25). The summed E-state index contributed by atoms with van der Waals surface area (Å²) in [5, 5.41) is 8.40. The topological polar surface area (TPSA) is 58.5 Å². The number of hydrogen-bond donors (Lipinski definition) is 2. The maximum absolute atomic E-state index is 5.63. The van der Waals surface area contributed by atoms with Crippen LogP contribution >= 0.6 is 11.3 Å². The van der Waals surface area contributed by atoms with Gasteiger partial charge in [-0.2, -0.15) is 0 Å². The normalized spacial score (nSPS) is 18.9. The van der Waals surface area contributed by atoms with Crippen LogP contribution in [0.2, 0.25) is 0 Å². The Bertz CT molecular complexity index is 599. The van der Waals surface area contributed by atoms with Crippen molar-refractivity contribution in [1.29, 1.82) is 0 Å². The van der Waals surface area contributed by atoms with Gasteiger partial charge < -0.3 is 15.4 Å². The molecule has 28 heavy (non-hydrogen) atoms. The molecule has 1 saturated carbocycles. The summed E-state index contributed by atoms with van der Waals surface area (Å²) >= 11 is 1.94. The highest BCUT2D eigenvalue weighted by atomic mass is 32.1. The Morgan fingerprint density at radius 3 is 2.75 bits per heavy atom. The van der Waals surface area contributed by atoms with Crippen LogP contribution in [-0.2, 0) is 24.0 Å². The highest BCUT2D eigenvalue weighted by molar-refractivity contribution is 7.11. The molecular formula is C22H38N4OS. The van der Waals surface area contributed by atoms with Crippen molar-refractivity contribution in [3.63, 3.8) is 0 Å². The Balaban J connectivity index is 1.37. The average Bonchev–Trinajstić information content (AvgIpc) is 3.34. The summed E-state index contributed by atoms with van der Waals surface area (Å²) in [7, 11) is 1.87. The van der Waals surface area contributed by atoms with E-state index in [4.69, 9.17) is 9.72 Å². The molecule has 1 fully saturated rings. The summed E-state index contributed by atoms with van der Waals surface area (Å²) in [6.45, 7) is 5.71. The molecule has 2 N–H and O–H groups in total. The van der Waals surface area contributed by atoms with Gasteiger partial charge in [0.05, 0.1) is 10.7 Å². The molecule has 2 aliphatic rings. The van der Waals surface area contributed by atoms with E-state index in [9.17, 15) is 0 Å². The molecule has 0 bridgehead atoms. The van der Waals surface area contributed by atoms with E-state index in [0.717, 1.165) is 51.5 Å². The molecule has 1 aromatic rings. The minimum Gasteiger partial charge on any atom is -0.382 e. The van der Waals surface area contributed by atoms with Crippen LogP contribution in [0.15, 0.2) is 4.99 Å². The van der Waals surface area contributed by atoms with Crippen molar-refractivity contribution in [2.75, 3.05) is 33.4 Å². The third kappa shape index (κ3) is 6.18. The highest BCUT2D eigenvalue weighted by Crippen LogP contribution is 2.40. The van der Waals surface area contributed by atoms with Gasteiger partial charge >= 0.3 is 0 Å². The quantitative estimate of drug-likeness (QED) is 0.349. The number of hydrogen-bond acceptors (Lipinski definition) is 4. The number of aryl methyl sites for hydroxylation is 3. The number of nitrogens with one attached hydrogen (secondary N) is 2. The first kappa shape index (κ1) is 21.6.